The molecule has 2 aliphatic carbocycles. The molecule has 2 aliphatic rings. The van der Waals surface area contributed by atoms with Crippen molar-refractivity contribution >= 4 is 11.4 Å². The van der Waals surface area contributed by atoms with E-state index in [0.717, 1.165) is 0 Å². The van der Waals surface area contributed by atoms with Crippen molar-refractivity contribution in [2.75, 3.05) is 4.90 Å². The fourth-order valence-electron chi connectivity index (χ4n) is 6.76. The van der Waals surface area contributed by atoms with Gasteiger partial charge in [0.25, 0.3) is 0 Å². The van der Waals surface area contributed by atoms with Crippen molar-refractivity contribution in [1.29, 1.82) is 0 Å². The number of aryl methyl sites for hydroxylation is 1. The van der Waals surface area contributed by atoms with Crippen molar-refractivity contribution in [3.05, 3.63) is 143 Å². The molecule has 5 aromatic carbocycles. The number of nitrogens with zero attached hydrogens (tertiary/aromatic N) is 1. The van der Waals surface area contributed by atoms with Crippen LogP contribution in [-0.2, 0) is 5.41 Å². The molecule has 0 aromatic heterocycles. The number of hydrogen-bond donors (Lipinski definition) is 0. The topological polar surface area (TPSA) is 3.24 Å². The molecule has 0 radical (unpaired) electrons. The highest BCUT2D eigenvalue weighted by Crippen LogP contribution is 2.63. The third-order valence-corrected chi connectivity index (χ3v) is 8.06. The molecule has 0 saturated heterocycles. The Morgan fingerprint density at radius 2 is 1.00 bits per heavy atom. The number of fused-ring (bicyclic) bond motifs is 10. The van der Waals surface area contributed by atoms with Gasteiger partial charge in [0, 0.05) is 17.4 Å². The van der Waals surface area contributed by atoms with Gasteiger partial charge in [-0.2, -0.15) is 0 Å². The fraction of sp³-hybridized carbons (Fsp3) is 0.143. The summed E-state index contributed by atoms with van der Waals surface area (Å²) in [4.78, 5) is 2.47. The van der Waals surface area contributed by atoms with Gasteiger partial charge in [0.15, 0.2) is 0 Å². The third kappa shape index (κ3) is 2.72. The van der Waals surface area contributed by atoms with Gasteiger partial charge in [0.2, 0.25) is 0 Å². The van der Waals surface area contributed by atoms with E-state index < -0.39 is 0 Å². The molecule has 1 heteroatoms. The second kappa shape index (κ2) is 7.70. The highest BCUT2D eigenvalue weighted by Gasteiger charge is 2.51. The van der Waals surface area contributed by atoms with E-state index in [-0.39, 0.29) is 5.41 Å². The standard InChI is InChI=1S/C35H29N/c1-23(2)36(25-12-10-11-24(3)21-25)26-19-20-30-29-15-6-9-18-33(29)35(34(30)22-26)31-16-7-4-13-27(31)28-14-5-8-17-32(28)35/h4-23H,1-3H3. The Balaban J connectivity index is 1.56. The van der Waals surface area contributed by atoms with Gasteiger partial charge < -0.3 is 4.90 Å². The molecule has 0 amide bonds. The summed E-state index contributed by atoms with van der Waals surface area (Å²) in [5.41, 5.74) is 14.4. The van der Waals surface area contributed by atoms with E-state index in [0.29, 0.717) is 6.04 Å². The number of rotatable bonds is 3. The molecule has 5 aromatic rings. The summed E-state index contributed by atoms with van der Waals surface area (Å²) in [6, 6.07) is 43.3. The molecule has 0 fully saturated rings. The van der Waals surface area contributed by atoms with Gasteiger partial charge in [-0.3, -0.25) is 0 Å². The lowest BCUT2D eigenvalue weighted by Crippen LogP contribution is -2.28. The molecular formula is C35H29N. The van der Waals surface area contributed by atoms with Crippen molar-refractivity contribution in [3.63, 3.8) is 0 Å². The van der Waals surface area contributed by atoms with Crippen molar-refractivity contribution < 1.29 is 0 Å². The van der Waals surface area contributed by atoms with E-state index >= 15 is 0 Å². The summed E-state index contributed by atoms with van der Waals surface area (Å²) < 4.78 is 0. The molecule has 36 heavy (non-hydrogen) atoms. The van der Waals surface area contributed by atoms with Gasteiger partial charge in [-0.15, -0.1) is 0 Å². The minimum absolute atomic E-state index is 0.301. The molecule has 0 atom stereocenters. The van der Waals surface area contributed by atoms with Gasteiger partial charge in [0.1, 0.15) is 0 Å². The van der Waals surface area contributed by atoms with Crippen LogP contribution in [0.5, 0.6) is 0 Å². The van der Waals surface area contributed by atoms with Crippen molar-refractivity contribution in [1.82, 2.24) is 0 Å². The molecular weight excluding hydrogens is 434 g/mol. The maximum atomic E-state index is 2.47. The number of anilines is 2. The zero-order valence-electron chi connectivity index (χ0n) is 21.0. The van der Waals surface area contributed by atoms with Crippen LogP contribution in [0.4, 0.5) is 11.4 Å². The molecule has 0 aliphatic heterocycles. The van der Waals surface area contributed by atoms with Crippen LogP contribution in [0.3, 0.4) is 0 Å². The third-order valence-electron chi connectivity index (χ3n) is 8.06. The second-order valence-electron chi connectivity index (χ2n) is 10.4. The zero-order chi connectivity index (χ0) is 24.4. The van der Waals surface area contributed by atoms with E-state index in [9.17, 15) is 0 Å². The Kier molecular flexibility index (Phi) is 4.53. The predicted molar refractivity (Wildman–Crippen MR) is 151 cm³/mol. The fourth-order valence-corrected chi connectivity index (χ4v) is 6.76. The smallest absolute Gasteiger partial charge is 0.0726 e. The molecule has 0 saturated carbocycles. The number of hydrogen-bond acceptors (Lipinski definition) is 1. The van der Waals surface area contributed by atoms with Crippen molar-refractivity contribution in [2.24, 2.45) is 0 Å². The number of benzene rings is 5. The summed E-state index contributed by atoms with van der Waals surface area (Å²) in [5, 5.41) is 0. The van der Waals surface area contributed by atoms with Gasteiger partial charge in [0.05, 0.1) is 5.41 Å². The van der Waals surface area contributed by atoms with Gasteiger partial charge in [-0.05, 0) is 95.1 Å². The predicted octanol–water partition coefficient (Wildman–Crippen LogP) is 8.89. The summed E-state index contributed by atoms with van der Waals surface area (Å²) >= 11 is 0. The summed E-state index contributed by atoms with van der Waals surface area (Å²) in [5.74, 6) is 0. The Labute approximate surface area is 213 Å². The molecule has 0 unspecified atom stereocenters. The van der Waals surface area contributed by atoms with Crippen LogP contribution in [0.15, 0.2) is 115 Å². The van der Waals surface area contributed by atoms with Crippen LogP contribution in [0.1, 0.15) is 41.7 Å². The largest absolute Gasteiger partial charge is 0.339 e. The molecule has 0 heterocycles. The van der Waals surface area contributed by atoms with E-state index in [1.807, 2.05) is 0 Å². The van der Waals surface area contributed by atoms with E-state index in [2.05, 4.69) is 141 Å². The Bertz CT molecular complexity index is 1580. The maximum Gasteiger partial charge on any atom is 0.0726 e. The van der Waals surface area contributed by atoms with Crippen molar-refractivity contribution in [2.45, 2.75) is 32.2 Å². The van der Waals surface area contributed by atoms with Crippen LogP contribution in [0, 0.1) is 6.92 Å². The first-order valence-corrected chi connectivity index (χ1v) is 12.9. The van der Waals surface area contributed by atoms with Gasteiger partial charge >= 0.3 is 0 Å². The van der Waals surface area contributed by atoms with Crippen LogP contribution >= 0.6 is 0 Å². The van der Waals surface area contributed by atoms with Crippen LogP contribution in [-0.4, -0.2) is 6.04 Å². The molecule has 1 spiro atoms. The Morgan fingerprint density at radius 3 is 1.53 bits per heavy atom. The molecule has 0 bridgehead atoms. The summed E-state index contributed by atoms with van der Waals surface area (Å²) in [6.07, 6.45) is 0. The monoisotopic (exact) mass is 463 g/mol. The summed E-state index contributed by atoms with van der Waals surface area (Å²) in [7, 11) is 0. The SMILES string of the molecule is Cc1cccc(N(c2ccc3c(c2)C2(c4ccccc4-c4ccccc42)c2ccccc2-3)C(C)C)c1. The minimum Gasteiger partial charge on any atom is -0.339 e. The molecule has 0 N–H and O–H groups in total. The average molecular weight is 464 g/mol. The van der Waals surface area contributed by atoms with Crippen LogP contribution in [0.25, 0.3) is 22.3 Å². The zero-order valence-corrected chi connectivity index (χ0v) is 21.0. The maximum absolute atomic E-state index is 2.47. The Hall–Kier alpha value is -4.10. The van der Waals surface area contributed by atoms with Crippen LogP contribution < -0.4 is 4.90 Å². The average Bonchev–Trinajstić information content (AvgIpc) is 3.36. The summed E-state index contributed by atoms with van der Waals surface area (Å²) in [6.45, 7) is 6.73. The normalized spacial score (nSPS) is 13.9. The molecule has 7 rings (SSSR count). The minimum atomic E-state index is -0.301. The van der Waals surface area contributed by atoms with Crippen molar-refractivity contribution in [3.8, 4) is 22.3 Å². The quantitative estimate of drug-likeness (QED) is 0.253. The lowest BCUT2D eigenvalue weighted by Gasteiger charge is -2.33. The first-order chi connectivity index (χ1) is 17.6. The highest BCUT2D eigenvalue weighted by atomic mass is 15.2. The van der Waals surface area contributed by atoms with Gasteiger partial charge in [-0.25, -0.2) is 0 Å². The Morgan fingerprint density at radius 1 is 0.500 bits per heavy atom. The molecule has 1 nitrogen and oxygen atoms in total. The highest BCUT2D eigenvalue weighted by molar-refractivity contribution is 5.95. The lowest BCUT2D eigenvalue weighted by molar-refractivity contribution is 0.775. The molecule has 174 valence electrons. The van der Waals surface area contributed by atoms with E-state index in [1.54, 1.807) is 0 Å². The van der Waals surface area contributed by atoms with Crippen LogP contribution in [0.2, 0.25) is 0 Å². The van der Waals surface area contributed by atoms with E-state index in [4.69, 9.17) is 0 Å². The lowest BCUT2D eigenvalue weighted by atomic mass is 9.70. The van der Waals surface area contributed by atoms with Gasteiger partial charge in [-0.1, -0.05) is 91.0 Å². The van der Waals surface area contributed by atoms with E-state index in [1.165, 1.54) is 61.4 Å². The first kappa shape index (κ1) is 21.2. The first-order valence-electron chi connectivity index (χ1n) is 12.9. The second-order valence-corrected chi connectivity index (χ2v) is 10.4.